The minimum Gasteiger partial charge on any atom is -0.480 e. The van der Waals surface area contributed by atoms with Crippen molar-refractivity contribution >= 4 is 11.9 Å². The smallest absolute Gasteiger partial charge is 0.330 e. The lowest BCUT2D eigenvalue weighted by Crippen LogP contribution is -2.25. The summed E-state index contributed by atoms with van der Waals surface area (Å²) in [5.74, 6) is -1.42. The summed E-state index contributed by atoms with van der Waals surface area (Å²) in [5.41, 5.74) is 4.84. The Morgan fingerprint density at radius 2 is 1.41 bits per heavy atom. The van der Waals surface area contributed by atoms with Gasteiger partial charge in [-0.2, -0.15) is 0 Å². The van der Waals surface area contributed by atoms with Crippen LogP contribution in [0.3, 0.4) is 0 Å². The van der Waals surface area contributed by atoms with Gasteiger partial charge in [-0.1, -0.05) is 77.2 Å². The number of aliphatic carboxylic acids is 1. The second-order valence-corrected chi connectivity index (χ2v) is 7.32. The van der Waals surface area contributed by atoms with Crippen LogP contribution in [-0.2, 0) is 14.3 Å². The van der Waals surface area contributed by atoms with Crippen LogP contribution in [0.1, 0.15) is 90.9 Å². The number of carboxylic acid groups (broad SMARTS) is 1. The van der Waals surface area contributed by atoms with Crippen molar-refractivity contribution in [2.75, 3.05) is 13.2 Å². The van der Waals surface area contributed by atoms with Crippen LogP contribution in [0, 0.1) is 0 Å². The first-order valence-electron chi connectivity index (χ1n) is 11.0. The van der Waals surface area contributed by atoms with Crippen LogP contribution in [0.15, 0.2) is 12.2 Å². The largest absolute Gasteiger partial charge is 0.480 e. The molecule has 1 unspecified atom stereocenters. The van der Waals surface area contributed by atoms with Gasteiger partial charge >= 0.3 is 11.9 Å². The molecule has 7 nitrogen and oxygen atoms in total. The molecule has 0 spiro atoms. The Kier molecular flexibility index (Phi) is 23.4. The third-order valence-corrected chi connectivity index (χ3v) is 4.25. The van der Waals surface area contributed by atoms with Gasteiger partial charge in [0.15, 0.2) is 0 Å². The Morgan fingerprint density at radius 1 is 0.966 bits per heavy atom. The van der Waals surface area contributed by atoms with Gasteiger partial charge in [-0.05, 0) is 19.8 Å². The molecule has 0 aliphatic carbocycles. The number of esters is 1. The van der Waals surface area contributed by atoms with Gasteiger partial charge in [0.2, 0.25) is 0 Å². The molecular weight excluding hydrogens is 374 g/mol. The second kappa shape index (κ2) is 22.8. The fourth-order valence-electron chi connectivity index (χ4n) is 2.39. The van der Waals surface area contributed by atoms with Crippen molar-refractivity contribution in [2.45, 2.75) is 103 Å². The topological polar surface area (TPSA) is 130 Å². The van der Waals surface area contributed by atoms with Gasteiger partial charge in [-0.15, -0.1) is 0 Å². The zero-order valence-corrected chi connectivity index (χ0v) is 18.4. The van der Waals surface area contributed by atoms with Gasteiger partial charge in [0, 0.05) is 6.08 Å². The molecule has 0 saturated heterocycles. The van der Waals surface area contributed by atoms with E-state index in [1.807, 2.05) is 6.08 Å². The number of nitrogens with two attached hydrogens (primary N) is 1. The summed E-state index contributed by atoms with van der Waals surface area (Å²) in [6, 6.07) is -0.731. The molecule has 0 radical (unpaired) electrons. The molecular formula is C22H43NO6. The third-order valence-electron chi connectivity index (χ3n) is 4.25. The Morgan fingerprint density at radius 3 is 1.83 bits per heavy atom. The molecule has 7 heteroatoms. The fourth-order valence-corrected chi connectivity index (χ4v) is 2.39. The second-order valence-electron chi connectivity index (χ2n) is 7.32. The number of carboxylic acids is 1. The number of ether oxygens (including phenoxy) is 1. The van der Waals surface area contributed by atoms with Gasteiger partial charge in [-0.25, -0.2) is 4.79 Å². The van der Waals surface area contributed by atoms with Crippen molar-refractivity contribution in [3.05, 3.63) is 12.2 Å². The monoisotopic (exact) mass is 417 g/mol. The molecule has 0 fully saturated rings. The maximum absolute atomic E-state index is 11.3. The highest BCUT2D eigenvalue weighted by atomic mass is 16.5. The molecule has 172 valence electrons. The molecule has 0 aliphatic rings. The number of carbonyl (C=O) groups excluding carboxylic acids is 1. The quantitative estimate of drug-likeness (QED) is 0.162. The zero-order valence-electron chi connectivity index (χ0n) is 18.4. The molecule has 0 aromatic carbocycles. The molecule has 0 aromatic rings. The van der Waals surface area contributed by atoms with Crippen molar-refractivity contribution in [1.82, 2.24) is 0 Å². The molecule has 0 rings (SSSR count). The average molecular weight is 418 g/mol. The van der Waals surface area contributed by atoms with E-state index in [1.165, 1.54) is 77.2 Å². The third kappa shape index (κ3) is 26.6. The van der Waals surface area contributed by atoms with E-state index in [2.05, 4.69) is 6.92 Å². The standard InChI is InChI=1S/C19H36O4.C3H7NO2/c1-2-3-4-5-6-7-8-9-10-11-12-13-14-15-19(22)23-17-18(21)16-20;1-2(4)3(5)6/h14-15,18,20-21H,2-13,16-17H2,1H3;2H,4H2,1H3,(H,5,6)/t;2-/m.0/s1. The van der Waals surface area contributed by atoms with Crippen molar-refractivity contribution < 1.29 is 29.6 Å². The Balaban J connectivity index is 0. The highest BCUT2D eigenvalue weighted by molar-refractivity contribution is 5.81. The summed E-state index contributed by atoms with van der Waals surface area (Å²) in [5, 5.41) is 25.5. The molecule has 0 aliphatic heterocycles. The highest BCUT2D eigenvalue weighted by Gasteiger charge is 2.04. The molecule has 0 heterocycles. The van der Waals surface area contributed by atoms with Crippen LogP contribution in [-0.4, -0.2) is 52.6 Å². The van der Waals surface area contributed by atoms with Gasteiger partial charge in [0.05, 0.1) is 6.61 Å². The number of hydrogen-bond donors (Lipinski definition) is 4. The van der Waals surface area contributed by atoms with Gasteiger partial charge < -0.3 is 25.8 Å². The normalized spacial score (nSPS) is 12.9. The van der Waals surface area contributed by atoms with Gasteiger partial charge in [-0.3, -0.25) is 4.79 Å². The van der Waals surface area contributed by atoms with Crippen molar-refractivity contribution in [3.8, 4) is 0 Å². The van der Waals surface area contributed by atoms with Gasteiger partial charge in [0.1, 0.15) is 18.8 Å². The first-order valence-corrected chi connectivity index (χ1v) is 11.0. The molecule has 29 heavy (non-hydrogen) atoms. The van der Waals surface area contributed by atoms with Crippen LogP contribution in [0.2, 0.25) is 0 Å². The minimum absolute atomic E-state index is 0.155. The summed E-state index contributed by atoms with van der Waals surface area (Å²) in [7, 11) is 0. The number of aliphatic hydroxyl groups is 2. The maximum Gasteiger partial charge on any atom is 0.330 e. The Bertz CT molecular complexity index is 412. The van der Waals surface area contributed by atoms with E-state index in [4.69, 9.17) is 25.8 Å². The lowest BCUT2D eigenvalue weighted by molar-refractivity contribution is -0.141. The Labute approximate surface area is 176 Å². The number of rotatable bonds is 17. The van der Waals surface area contributed by atoms with Crippen LogP contribution >= 0.6 is 0 Å². The van der Waals surface area contributed by atoms with Crippen molar-refractivity contribution in [3.63, 3.8) is 0 Å². The number of unbranched alkanes of at least 4 members (excludes halogenated alkanes) is 11. The number of allylic oxidation sites excluding steroid dienone is 1. The summed E-state index contributed by atoms with van der Waals surface area (Å²) in [6.45, 7) is 3.12. The van der Waals surface area contributed by atoms with E-state index in [0.717, 1.165) is 12.8 Å². The molecule has 0 aromatic heterocycles. The number of carbonyl (C=O) groups is 2. The predicted octanol–water partition coefficient (Wildman–Crippen LogP) is 3.56. The SMILES string of the molecule is CCCCCCCCCCCCCC=CC(=O)OCC(O)CO.C[C@H](N)C(=O)O. The molecule has 2 atom stereocenters. The number of hydrogen-bond acceptors (Lipinski definition) is 6. The van der Waals surface area contributed by atoms with Crippen molar-refractivity contribution in [2.24, 2.45) is 5.73 Å². The first-order chi connectivity index (χ1) is 13.8. The van der Waals surface area contributed by atoms with E-state index in [1.54, 1.807) is 0 Å². The number of aliphatic hydroxyl groups excluding tert-OH is 2. The lowest BCUT2D eigenvalue weighted by Gasteiger charge is -2.06. The summed E-state index contributed by atoms with van der Waals surface area (Å²) >= 11 is 0. The van der Waals surface area contributed by atoms with E-state index in [0.29, 0.717) is 0 Å². The molecule has 0 saturated carbocycles. The minimum atomic E-state index is -0.987. The first kappa shape index (κ1) is 29.8. The van der Waals surface area contributed by atoms with E-state index in [9.17, 15) is 9.59 Å². The van der Waals surface area contributed by atoms with Gasteiger partial charge in [0.25, 0.3) is 0 Å². The predicted molar refractivity (Wildman–Crippen MR) is 116 cm³/mol. The lowest BCUT2D eigenvalue weighted by atomic mass is 10.1. The highest BCUT2D eigenvalue weighted by Crippen LogP contribution is 2.12. The summed E-state index contributed by atoms with van der Waals surface area (Å²) in [6.07, 6.45) is 17.6. The maximum atomic E-state index is 11.3. The molecule has 5 N–H and O–H groups in total. The summed E-state index contributed by atoms with van der Waals surface area (Å²) < 4.78 is 4.77. The van der Waals surface area contributed by atoms with E-state index in [-0.39, 0.29) is 6.61 Å². The summed E-state index contributed by atoms with van der Waals surface area (Å²) in [4.78, 5) is 20.8. The van der Waals surface area contributed by atoms with Crippen LogP contribution in [0.5, 0.6) is 0 Å². The van der Waals surface area contributed by atoms with Crippen molar-refractivity contribution in [1.29, 1.82) is 0 Å². The molecule has 0 amide bonds. The molecule has 0 bridgehead atoms. The van der Waals surface area contributed by atoms with E-state index < -0.39 is 30.7 Å². The zero-order chi connectivity index (χ0) is 22.3. The van der Waals surface area contributed by atoms with Crippen LogP contribution in [0.25, 0.3) is 0 Å². The van der Waals surface area contributed by atoms with Crippen LogP contribution < -0.4 is 5.73 Å². The average Bonchev–Trinajstić information content (AvgIpc) is 2.69. The van der Waals surface area contributed by atoms with E-state index >= 15 is 0 Å². The Hall–Kier alpha value is -1.44. The van der Waals surface area contributed by atoms with Crippen LogP contribution in [0.4, 0.5) is 0 Å². The fraction of sp³-hybridized carbons (Fsp3) is 0.818.